The molecule has 1 saturated heterocycles. The smallest absolute Gasteiger partial charge is 0.225 e. The van der Waals surface area contributed by atoms with Gasteiger partial charge in [-0.05, 0) is 37.1 Å². The van der Waals surface area contributed by atoms with Gasteiger partial charge >= 0.3 is 0 Å². The van der Waals surface area contributed by atoms with E-state index in [0.29, 0.717) is 19.1 Å². The maximum absolute atomic E-state index is 12.0. The number of nitrogens with two attached hydrogens (primary N) is 1. The fourth-order valence-corrected chi connectivity index (χ4v) is 2.67. The van der Waals surface area contributed by atoms with Gasteiger partial charge in [0.2, 0.25) is 5.91 Å². The lowest BCUT2D eigenvalue weighted by Crippen LogP contribution is -2.40. The van der Waals surface area contributed by atoms with Crippen molar-refractivity contribution in [3.8, 4) is 0 Å². The average molecular weight is 291 g/mol. The Labute approximate surface area is 126 Å². The van der Waals surface area contributed by atoms with Crippen LogP contribution in [0.3, 0.4) is 0 Å². The van der Waals surface area contributed by atoms with Crippen LogP contribution < -0.4 is 11.1 Å². The van der Waals surface area contributed by atoms with Gasteiger partial charge < -0.3 is 20.7 Å². The van der Waals surface area contributed by atoms with E-state index in [4.69, 9.17) is 10.5 Å². The van der Waals surface area contributed by atoms with E-state index in [9.17, 15) is 4.79 Å². The fourth-order valence-electron chi connectivity index (χ4n) is 2.67. The van der Waals surface area contributed by atoms with Gasteiger partial charge in [-0.25, -0.2) is 0 Å². The second-order valence-corrected chi connectivity index (χ2v) is 5.50. The minimum absolute atomic E-state index is 0.0451. The highest BCUT2D eigenvalue weighted by Crippen LogP contribution is 2.13. The number of ether oxygens (including phenoxy) is 1. The number of anilines is 1. The summed E-state index contributed by atoms with van der Waals surface area (Å²) in [5.74, 6) is 0.0451. The third-order valence-corrected chi connectivity index (χ3v) is 3.90. The molecule has 2 rings (SSSR count). The first kappa shape index (κ1) is 15.9. The number of methoxy groups -OCH3 is 1. The van der Waals surface area contributed by atoms with Crippen LogP contribution in [0.5, 0.6) is 0 Å². The Morgan fingerprint density at radius 1 is 1.52 bits per heavy atom. The molecular weight excluding hydrogens is 266 g/mol. The second kappa shape index (κ2) is 8.12. The van der Waals surface area contributed by atoms with E-state index in [1.807, 2.05) is 24.3 Å². The lowest BCUT2D eigenvalue weighted by Gasteiger charge is -2.31. The lowest BCUT2D eigenvalue weighted by molar-refractivity contribution is -0.116. The number of nitrogens with one attached hydrogen (secondary N) is 1. The summed E-state index contributed by atoms with van der Waals surface area (Å²) < 4.78 is 5.40. The Kier molecular flexibility index (Phi) is 6.17. The Hall–Kier alpha value is -1.43. The molecule has 1 aliphatic rings. The monoisotopic (exact) mass is 291 g/mol. The first-order valence-electron chi connectivity index (χ1n) is 7.55. The molecule has 0 saturated carbocycles. The van der Waals surface area contributed by atoms with Gasteiger partial charge in [0.1, 0.15) is 0 Å². The molecule has 1 amide bonds. The SMILES string of the molecule is COC1CCCN(CCC(=O)Nc2cccc(CN)c2)C1. The number of carbonyl (C=O) groups is 1. The van der Waals surface area contributed by atoms with Crippen LogP contribution in [0.15, 0.2) is 24.3 Å². The molecule has 116 valence electrons. The van der Waals surface area contributed by atoms with Crippen molar-refractivity contribution in [2.45, 2.75) is 31.9 Å². The van der Waals surface area contributed by atoms with Crippen LogP contribution in [-0.4, -0.2) is 43.7 Å². The van der Waals surface area contributed by atoms with Crippen molar-refractivity contribution in [1.29, 1.82) is 0 Å². The van der Waals surface area contributed by atoms with Gasteiger partial charge in [0.15, 0.2) is 0 Å². The molecule has 3 N–H and O–H groups in total. The van der Waals surface area contributed by atoms with Gasteiger partial charge in [-0.3, -0.25) is 4.79 Å². The summed E-state index contributed by atoms with van der Waals surface area (Å²) in [5.41, 5.74) is 7.44. The number of carbonyl (C=O) groups excluding carboxylic acids is 1. The molecule has 1 aromatic carbocycles. The number of likely N-dealkylation sites (tertiary alicyclic amines) is 1. The molecule has 1 unspecified atom stereocenters. The predicted molar refractivity (Wildman–Crippen MR) is 84.1 cm³/mol. The number of piperidine rings is 1. The van der Waals surface area contributed by atoms with Gasteiger partial charge in [0.05, 0.1) is 6.10 Å². The molecule has 0 spiro atoms. The van der Waals surface area contributed by atoms with E-state index >= 15 is 0 Å². The lowest BCUT2D eigenvalue weighted by atomic mass is 10.1. The van der Waals surface area contributed by atoms with Gasteiger partial charge in [-0.15, -0.1) is 0 Å². The van der Waals surface area contributed by atoms with E-state index < -0.39 is 0 Å². The molecular formula is C16H25N3O2. The van der Waals surface area contributed by atoms with Gasteiger partial charge in [-0.1, -0.05) is 12.1 Å². The quantitative estimate of drug-likeness (QED) is 0.835. The van der Waals surface area contributed by atoms with Crippen molar-refractivity contribution in [3.05, 3.63) is 29.8 Å². The zero-order valence-corrected chi connectivity index (χ0v) is 12.7. The van der Waals surface area contributed by atoms with E-state index in [2.05, 4.69) is 10.2 Å². The third kappa shape index (κ3) is 5.12. The van der Waals surface area contributed by atoms with Crippen LogP contribution in [0.25, 0.3) is 0 Å². The van der Waals surface area contributed by atoms with Crippen LogP contribution >= 0.6 is 0 Å². The highest BCUT2D eigenvalue weighted by atomic mass is 16.5. The first-order chi connectivity index (χ1) is 10.2. The van der Waals surface area contributed by atoms with E-state index in [-0.39, 0.29) is 5.91 Å². The number of rotatable bonds is 6. The number of benzene rings is 1. The van der Waals surface area contributed by atoms with E-state index in [1.165, 1.54) is 0 Å². The summed E-state index contributed by atoms with van der Waals surface area (Å²) in [6.07, 6.45) is 3.07. The summed E-state index contributed by atoms with van der Waals surface area (Å²) in [6.45, 7) is 3.24. The Bertz CT molecular complexity index is 465. The second-order valence-electron chi connectivity index (χ2n) is 5.50. The molecule has 1 heterocycles. The van der Waals surface area contributed by atoms with Crippen molar-refractivity contribution in [3.63, 3.8) is 0 Å². The van der Waals surface area contributed by atoms with E-state index in [0.717, 1.165) is 43.7 Å². The van der Waals surface area contributed by atoms with Crippen LogP contribution in [-0.2, 0) is 16.1 Å². The summed E-state index contributed by atoms with van der Waals surface area (Å²) in [5, 5.41) is 2.93. The molecule has 1 aliphatic heterocycles. The van der Waals surface area contributed by atoms with Gasteiger partial charge in [0.25, 0.3) is 0 Å². The number of hydrogen-bond donors (Lipinski definition) is 2. The summed E-state index contributed by atoms with van der Waals surface area (Å²) in [6, 6.07) is 7.67. The van der Waals surface area contributed by atoms with Crippen LogP contribution in [0, 0.1) is 0 Å². The summed E-state index contributed by atoms with van der Waals surface area (Å²) in [4.78, 5) is 14.3. The summed E-state index contributed by atoms with van der Waals surface area (Å²) >= 11 is 0. The van der Waals surface area contributed by atoms with Crippen molar-refractivity contribution < 1.29 is 9.53 Å². The zero-order valence-electron chi connectivity index (χ0n) is 12.7. The molecule has 21 heavy (non-hydrogen) atoms. The van der Waals surface area contributed by atoms with Crippen molar-refractivity contribution in [2.75, 3.05) is 32.1 Å². The number of hydrogen-bond acceptors (Lipinski definition) is 4. The largest absolute Gasteiger partial charge is 0.380 e. The minimum atomic E-state index is 0.0451. The van der Waals surface area contributed by atoms with Crippen molar-refractivity contribution in [1.82, 2.24) is 4.90 Å². The van der Waals surface area contributed by atoms with Crippen molar-refractivity contribution in [2.24, 2.45) is 5.73 Å². The Morgan fingerprint density at radius 3 is 3.14 bits per heavy atom. The highest BCUT2D eigenvalue weighted by Gasteiger charge is 2.19. The Balaban J connectivity index is 1.76. The van der Waals surface area contributed by atoms with Gasteiger partial charge in [0, 0.05) is 38.9 Å². The Morgan fingerprint density at radius 2 is 2.38 bits per heavy atom. The molecule has 5 nitrogen and oxygen atoms in total. The average Bonchev–Trinajstić information content (AvgIpc) is 2.53. The highest BCUT2D eigenvalue weighted by molar-refractivity contribution is 5.90. The number of nitrogens with zero attached hydrogens (tertiary/aromatic N) is 1. The number of amides is 1. The van der Waals surface area contributed by atoms with E-state index in [1.54, 1.807) is 7.11 Å². The van der Waals surface area contributed by atoms with Gasteiger partial charge in [-0.2, -0.15) is 0 Å². The standard InChI is InChI=1S/C16H25N3O2/c1-21-15-6-3-8-19(12-15)9-7-16(20)18-14-5-2-4-13(10-14)11-17/h2,4-5,10,15H,3,6-9,11-12,17H2,1H3,(H,18,20). The topological polar surface area (TPSA) is 67.6 Å². The zero-order chi connectivity index (χ0) is 15.1. The maximum Gasteiger partial charge on any atom is 0.225 e. The molecule has 0 radical (unpaired) electrons. The minimum Gasteiger partial charge on any atom is -0.380 e. The molecule has 1 atom stereocenters. The van der Waals surface area contributed by atoms with Crippen LogP contribution in [0.1, 0.15) is 24.8 Å². The first-order valence-corrected chi connectivity index (χ1v) is 7.55. The van der Waals surface area contributed by atoms with Crippen LogP contribution in [0.4, 0.5) is 5.69 Å². The molecule has 0 aromatic heterocycles. The third-order valence-electron chi connectivity index (χ3n) is 3.90. The van der Waals surface area contributed by atoms with Crippen molar-refractivity contribution >= 4 is 11.6 Å². The maximum atomic E-state index is 12.0. The predicted octanol–water partition coefficient (Wildman–Crippen LogP) is 1.58. The molecule has 1 aromatic rings. The van der Waals surface area contributed by atoms with Crippen LogP contribution in [0.2, 0.25) is 0 Å². The summed E-state index contributed by atoms with van der Waals surface area (Å²) in [7, 11) is 1.76. The normalized spacial score (nSPS) is 19.4. The fraction of sp³-hybridized carbons (Fsp3) is 0.562. The molecule has 0 aliphatic carbocycles. The molecule has 5 heteroatoms. The molecule has 0 bridgehead atoms. The molecule has 1 fully saturated rings.